The Morgan fingerprint density at radius 3 is 1.26 bits per heavy atom. The summed E-state index contributed by atoms with van der Waals surface area (Å²) in [6.07, 6.45) is 1.05. The first-order chi connectivity index (χ1) is 31.7. The third-order valence-corrected chi connectivity index (χ3v) is 10.6. The largest absolute Gasteiger partial charge is 0.491 e. The molecule has 4 N–H and O–H groups in total. The predicted molar refractivity (Wildman–Crippen MR) is 255 cm³/mol. The van der Waals surface area contributed by atoms with Gasteiger partial charge in [0.2, 0.25) is 12.1 Å². The maximum Gasteiger partial charge on any atom is 0.258 e. The lowest BCUT2D eigenvalue weighted by molar-refractivity contribution is -0.127. The molecule has 0 saturated heterocycles. The molecule has 5 aromatic rings. The van der Waals surface area contributed by atoms with E-state index in [1.807, 2.05) is 24.3 Å². The van der Waals surface area contributed by atoms with Crippen molar-refractivity contribution in [3.05, 3.63) is 129 Å². The number of azo groups is 2. The minimum Gasteiger partial charge on any atom is -0.491 e. The molecule has 0 aliphatic carbocycles. The van der Waals surface area contributed by atoms with Crippen molar-refractivity contribution >= 4 is 116 Å². The molecule has 0 fully saturated rings. The minimum atomic E-state index is -1.65. The summed E-state index contributed by atoms with van der Waals surface area (Å²) >= 11 is 24.6. The molecule has 66 heavy (non-hydrogen) atoms. The molecule has 342 valence electrons. The highest BCUT2D eigenvalue weighted by Crippen LogP contribution is 2.42. The number of alkyl halides is 2. The molecule has 0 aromatic heterocycles. The van der Waals surface area contributed by atoms with Crippen LogP contribution in [0.4, 0.5) is 34.1 Å². The second-order valence-electron chi connectivity index (χ2n) is 14.1. The van der Waals surface area contributed by atoms with Gasteiger partial charge in [-0.1, -0.05) is 59.6 Å². The number of benzene rings is 5. The van der Waals surface area contributed by atoms with Crippen LogP contribution in [0.15, 0.2) is 118 Å². The van der Waals surface area contributed by atoms with E-state index in [1.165, 1.54) is 62.8 Å². The Morgan fingerprint density at radius 1 is 0.530 bits per heavy atom. The standard InChI is InChI=1S/C46H42Cl4N8O8/c1-25(59)39(57-55-29-13-15-33(49)31(23-29)43(61)51-35-11-7-5-9-27(35)19-21-47)45(63)53-37-17-18-38(42(66-4)41(37)65-3)54-46(64)40(26(2)60)58-56-30-14-16-34(50)32(24-30)44(62)52-36-12-8-6-10-28(36)20-22-48/h5-18,23-24,39-40H,19-22H2,1-4H3,(H,51,61)(H,52,62)(H,53,63)(H,54,64). The maximum absolute atomic E-state index is 13.5. The predicted octanol–water partition coefficient (Wildman–Crippen LogP) is 10.4. The van der Waals surface area contributed by atoms with Gasteiger partial charge in [0.25, 0.3) is 23.6 Å². The zero-order valence-corrected chi connectivity index (χ0v) is 38.8. The molecule has 0 aliphatic rings. The van der Waals surface area contributed by atoms with Crippen LogP contribution in [-0.2, 0) is 32.0 Å². The summed E-state index contributed by atoms with van der Waals surface area (Å²) in [6, 6.07) is 22.3. The van der Waals surface area contributed by atoms with Crippen LogP contribution in [0.1, 0.15) is 45.7 Å². The van der Waals surface area contributed by atoms with Gasteiger partial charge in [-0.2, -0.15) is 20.5 Å². The number of ether oxygens (including phenoxy) is 2. The van der Waals surface area contributed by atoms with Crippen LogP contribution in [0.2, 0.25) is 10.0 Å². The monoisotopic (exact) mass is 974 g/mol. The highest BCUT2D eigenvalue weighted by atomic mass is 35.5. The van der Waals surface area contributed by atoms with Crippen LogP contribution in [-0.4, -0.2) is 73.3 Å². The van der Waals surface area contributed by atoms with Gasteiger partial charge in [-0.25, -0.2) is 0 Å². The Bertz CT molecular complexity index is 2530. The van der Waals surface area contributed by atoms with Crippen molar-refractivity contribution in [1.82, 2.24) is 0 Å². The molecule has 5 rings (SSSR count). The third-order valence-electron chi connectivity index (χ3n) is 9.53. The van der Waals surface area contributed by atoms with E-state index in [0.29, 0.717) is 36.0 Å². The molecule has 2 atom stereocenters. The molecular weight excluding hydrogens is 934 g/mol. The third kappa shape index (κ3) is 13.0. The number of hydrogen-bond acceptors (Lipinski definition) is 12. The highest BCUT2D eigenvalue weighted by molar-refractivity contribution is 6.35. The number of carbonyl (C=O) groups is 6. The van der Waals surface area contributed by atoms with Gasteiger partial charge in [0, 0.05) is 23.1 Å². The van der Waals surface area contributed by atoms with Crippen LogP contribution in [0.25, 0.3) is 0 Å². The topological polar surface area (TPSA) is 218 Å². The first-order valence-corrected chi connectivity index (χ1v) is 21.7. The number of amides is 4. The van der Waals surface area contributed by atoms with E-state index >= 15 is 0 Å². The van der Waals surface area contributed by atoms with Gasteiger partial charge >= 0.3 is 0 Å². The van der Waals surface area contributed by atoms with Crippen LogP contribution >= 0.6 is 46.4 Å². The Kier molecular flexibility index (Phi) is 18.3. The summed E-state index contributed by atoms with van der Waals surface area (Å²) in [6.45, 7) is 2.30. The van der Waals surface area contributed by atoms with Gasteiger partial charge in [-0.05, 0) is 98.5 Å². The molecule has 2 unspecified atom stereocenters. The van der Waals surface area contributed by atoms with E-state index in [2.05, 4.69) is 41.7 Å². The molecular formula is C46H42Cl4N8O8. The van der Waals surface area contributed by atoms with Gasteiger partial charge in [-0.3, -0.25) is 28.8 Å². The normalized spacial score (nSPS) is 12.0. The lowest BCUT2D eigenvalue weighted by Gasteiger charge is -2.19. The number of hydrogen-bond donors (Lipinski definition) is 4. The van der Waals surface area contributed by atoms with Crippen molar-refractivity contribution in [2.75, 3.05) is 47.2 Å². The molecule has 0 bridgehead atoms. The Balaban J connectivity index is 1.30. The van der Waals surface area contributed by atoms with Crippen LogP contribution < -0.4 is 30.7 Å². The number of para-hydroxylation sites is 2. The molecule has 0 radical (unpaired) electrons. The van der Waals surface area contributed by atoms with Gasteiger partial charge in [-0.15, -0.1) is 23.2 Å². The first kappa shape index (κ1) is 50.3. The number of halogens is 4. The fraction of sp³-hybridized carbons (Fsp3) is 0.217. The zero-order valence-electron chi connectivity index (χ0n) is 35.8. The molecule has 0 aliphatic heterocycles. The molecule has 16 nitrogen and oxygen atoms in total. The van der Waals surface area contributed by atoms with Crippen LogP contribution in [0, 0.1) is 0 Å². The summed E-state index contributed by atoms with van der Waals surface area (Å²) < 4.78 is 11.1. The van der Waals surface area contributed by atoms with E-state index in [0.717, 1.165) is 25.0 Å². The van der Waals surface area contributed by atoms with E-state index < -0.39 is 47.3 Å². The zero-order chi connectivity index (χ0) is 47.9. The Labute approximate surface area is 399 Å². The van der Waals surface area contributed by atoms with Crippen molar-refractivity contribution in [3.8, 4) is 11.5 Å². The maximum atomic E-state index is 13.5. The molecule has 0 spiro atoms. The highest BCUT2D eigenvalue weighted by Gasteiger charge is 2.29. The molecule has 4 amide bonds. The SMILES string of the molecule is COc1c(NC(=O)C(N=Nc2ccc(Cl)c(C(=O)Nc3ccccc3CCCl)c2)C(C)=O)ccc(NC(=O)C(N=Nc2ccc(Cl)c(C(=O)Nc3ccccc3CCCl)c2)C(C)=O)c1OC. The summed E-state index contributed by atoms with van der Waals surface area (Å²) in [7, 11) is 2.55. The Morgan fingerprint density at radius 2 is 0.909 bits per heavy atom. The smallest absolute Gasteiger partial charge is 0.258 e. The summed E-state index contributed by atoms with van der Waals surface area (Å²) in [5, 5.41) is 27.1. The molecule has 20 heteroatoms. The number of anilines is 4. The van der Waals surface area contributed by atoms with Crippen molar-refractivity contribution < 1.29 is 38.2 Å². The summed E-state index contributed by atoms with van der Waals surface area (Å²) in [5.41, 5.74) is 3.19. The number of methoxy groups -OCH3 is 2. The van der Waals surface area contributed by atoms with Gasteiger partial charge in [0.15, 0.2) is 23.1 Å². The number of carbonyl (C=O) groups excluding carboxylic acids is 6. The minimum absolute atomic E-state index is 0.0200. The lowest BCUT2D eigenvalue weighted by Crippen LogP contribution is -2.32. The average Bonchev–Trinajstić information content (AvgIpc) is 3.29. The number of nitrogens with one attached hydrogen (secondary N) is 4. The first-order valence-electron chi connectivity index (χ1n) is 19.9. The molecule has 0 saturated carbocycles. The lowest BCUT2D eigenvalue weighted by atomic mass is 10.1. The van der Waals surface area contributed by atoms with E-state index in [-0.39, 0.29) is 55.4 Å². The average molecular weight is 977 g/mol. The van der Waals surface area contributed by atoms with Crippen LogP contribution in [0.3, 0.4) is 0 Å². The van der Waals surface area contributed by atoms with E-state index in [9.17, 15) is 28.8 Å². The van der Waals surface area contributed by atoms with Crippen molar-refractivity contribution in [2.45, 2.75) is 38.8 Å². The van der Waals surface area contributed by atoms with E-state index in [1.54, 1.807) is 24.3 Å². The van der Waals surface area contributed by atoms with Gasteiger partial charge < -0.3 is 30.7 Å². The van der Waals surface area contributed by atoms with Crippen molar-refractivity contribution in [1.29, 1.82) is 0 Å². The van der Waals surface area contributed by atoms with E-state index in [4.69, 9.17) is 55.9 Å². The quantitative estimate of drug-likeness (QED) is 0.0333. The second kappa shape index (κ2) is 24.0. The van der Waals surface area contributed by atoms with Crippen molar-refractivity contribution in [2.24, 2.45) is 20.5 Å². The summed E-state index contributed by atoms with van der Waals surface area (Å²) in [5.74, 6) is -3.63. The molecule has 0 heterocycles. The van der Waals surface area contributed by atoms with Crippen LogP contribution in [0.5, 0.6) is 11.5 Å². The Hall–Kier alpha value is -6.72. The van der Waals surface area contributed by atoms with Crippen molar-refractivity contribution in [3.63, 3.8) is 0 Å². The number of rotatable bonds is 20. The number of Topliss-reactive ketones (excluding diaryl/α,β-unsaturated/α-hetero) is 2. The number of nitrogens with zero attached hydrogens (tertiary/aromatic N) is 4. The fourth-order valence-corrected chi connectivity index (χ4v) is 7.07. The molecule has 5 aromatic carbocycles. The number of aryl methyl sites for hydroxylation is 2. The fourth-order valence-electron chi connectivity index (χ4n) is 6.25. The second-order valence-corrected chi connectivity index (χ2v) is 15.7. The number of ketones is 2. The van der Waals surface area contributed by atoms with Gasteiger partial charge in [0.1, 0.15) is 0 Å². The van der Waals surface area contributed by atoms with Gasteiger partial charge in [0.05, 0.1) is 58.1 Å². The summed E-state index contributed by atoms with van der Waals surface area (Å²) in [4.78, 5) is 79.0.